The topological polar surface area (TPSA) is 479 Å². The number of hydrogen-bond acceptors (Lipinski definition) is 35. The van der Waals surface area contributed by atoms with Crippen LogP contribution in [-0.2, 0) is 136 Å². The lowest BCUT2D eigenvalue weighted by Gasteiger charge is -2.38. The summed E-state index contributed by atoms with van der Waals surface area (Å²) in [5, 5.41) is 30.7. The highest BCUT2D eigenvalue weighted by Crippen LogP contribution is 2.55. The molecule has 9 aliphatic rings. The van der Waals surface area contributed by atoms with Crippen molar-refractivity contribution in [2.45, 2.75) is 156 Å². The van der Waals surface area contributed by atoms with Crippen LogP contribution in [0, 0.1) is 30.6 Å². The van der Waals surface area contributed by atoms with Crippen molar-refractivity contribution in [1.82, 2.24) is 46.4 Å². The van der Waals surface area contributed by atoms with Crippen molar-refractivity contribution in [1.29, 1.82) is 0 Å². The van der Waals surface area contributed by atoms with E-state index >= 15 is 0 Å². The summed E-state index contributed by atoms with van der Waals surface area (Å²) in [6.07, 6.45) is -16.2. The minimum Gasteiger partial charge on any atom is -0.382 e. The Balaban J connectivity index is 0.914. The number of amides is 1. The zero-order valence-electron chi connectivity index (χ0n) is 55.4. The fourth-order valence-electron chi connectivity index (χ4n) is 13.9. The third kappa shape index (κ3) is 19.7. The smallest absolute Gasteiger partial charge is 0.330 e. The van der Waals surface area contributed by atoms with Crippen molar-refractivity contribution in [3.8, 4) is 0 Å². The molecule has 17 unspecified atom stereocenters. The van der Waals surface area contributed by atoms with Crippen molar-refractivity contribution >= 4 is 86.2 Å². The lowest BCUT2D eigenvalue weighted by Crippen LogP contribution is -2.66. The summed E-state index contributed by atoms with van der Waals surface area (Å²) >= 11 is 22.5. The van der Waals surface area contributed by atoms with Crippen LogP contribution in [0.2, 0.25) is 0 Å². The summed E-state index contributed by atoms with van der Waals surface area (Å²) in [4.78, 5) is 94.5. The van der Waals surface area contributed by atoms with E-state index in [0.717, 1.165) is 11.7 Å². The number of H-pyrrole nitrogens is 1. The summed E-state index contributed by atoms with van der Waals surface area (Å²) < 4.78 is 111. The van der Waals surface area contributed by atoms with Crippen LogP contribution in [0.3, 0.4) is 0 Å². The first kappa shape index (κ1) is 80.7. The van der Waals surface area contributed by atoms with Crippen LogP contribution in [0.5, 0.6) is 0 Å². The van der Waals surface area contributed by atoms with Crippen molar-refractivity contribution < 1.29 is 113 Å². The van der Waals surface area contributed by atoms with Gasteiger partial charge in [0.05, 0.1) is 109 Å². The van der Waals surface area contributed by atoms with Crippen LogP contribution in [-0.4, -0.2) is 295 Å². The third-order valence-electron chi connectivity index (χ3n) is 19.1. The molecule has 566 valence electrons. The van der Waals surface area contributed by atoms with Gasteiger partial charge in [0.1, 0.15) is 61.2 Å². The molecule has 0 spiro atoms. The minimum absolute atomic E-state index is 0.0154. The average Bonchev–Trinajstić information content (AvgIpc) is 1.63. The lowest BCUT2D eigenvalue weighted by molar-refractivity contribution is -0.185. The van der Waals surface area contributed by atoms with Crippen molar-refractivity contribution in [3.63, 3.8) is 0 Å². The number of rotatable bonds is 35. The molecule has 8 saturated heterocycles. The maximum absolute atomic E-state index is 13.4. The predicted molar refractivity (Wildman–Crippen MR) is 363 cm³/mol. The zero-order chi connectivity index (χ0) is 71.3. The van der Waals surface area contributed by atoms with Gasteiger partial charge in [0.2, 0.25) is 5.91 Å². The van der Waals surface area contributed by atoms with Gasteiger partial charge in [0.15, 0.2) is 12.6 Å². The van der Waals surface area contributed by atoms with E-state index in [1.54, 1.807) is 6.21 Å². The molecule has 38 nitrogen and oxygen atoms in total. The van der Waals surface area contributed by atoms with Gasteiger partial charge in [0, 0.05) is 103 Å². The zero-order valence-corrected chi connectivity index (χ0v) is 62.3. The Morgan fingerprint density at radius 3 is 1.69 bits per heavy atom. The number of nitrogens with two attached hydrogens (primary N) is 2. The maximum Gasteiger partial charge on any atom is 0.330 e. The fraction of sp³-hybridized carbons (Fsp3) is 0.887. The summed E-state index contributed by atoms with van der Waals surface area (Å²) in [6.45, 7) is -12.7. The van der Waals surface area contributed by atoms with E-state index < -0.39 is 174 Å². The number of nitrogens with one attached hydrogen (secondary N) is 7. The first-order chi connectivity index (χ1) is 47.1. The first-order valence-corrected chi connectivity index (χ1v) is 42.6. The average molecular weight is 1570 g/mol. The number of aromatic nitrogens is 2. The number of carbonyl (C=O) groups excluding carboxylic acids is 1. The van der Waals surface area contributed by atoms with Crippen molar-refractivity contribution in [2.24, 2.45) is 40.1 Å². The number of hydrogen-bond donors (Lipinski definition) is 14. The van der Waals surface area contributed by atoms with Crippen LogP contribution < -0.4 is 54.6 Å². The molecule has 8 fully saturated rings. The Kier molecular flexibility index (Phi) is 28.9. The van der Waals surface area contributed by atoms with Crippen LogP contribution in [0.4, 0.5) is 0 Å². The Labute approximate surface area is 592 Å². The molecule has 0 radical (unpaired) electrons. The first-order valence-electron chi connectivity index (χ1n) is 32.3. The maximum atomic E-state index is 13.4. The number of carbonyl (C=O) groups is 1. The highest BCUT2D eigenvalue weighted by molar-refractivity contribution is 8.08. The number of fused-ring (bicyclic) bond motifs is 2. The summed E-state index contributed by atoms with van der Waals surface area (Å²) in [5.41, 5.74) is 11.5. The number of aliphatic imine (C=N–C) groups is 1. The molecule has 29 atom stereocenters. The van der Waals surface area contributed by atoms with Gasteiger partial charge in [-0.25, -0.2) is 9.69 Å². The van der Waals surface area contributed by atoms with Crippen molar-refractivity contribution in [2.75, 3.05) is 121 Å². The summed E-state index contributed by atoms with van der Waals surface area (Å²) in [5.74, 6) is -0.980. The Morgan fingerprint density at radius 2 is 1.11 bits per heavy atom. The van der Waals surface area contributed by atoms with E-state index in [0.29, 0.717) is 19.9 Å². The summed E-state index contributed by atoms with van der Waals surface area (Å²) in [6, 6.07) is -0.896. The highest BCUT2D eigenvalue weighted by Gasteiger charge is 2.59. The second kappa shape index (κ2) is 35.5. The molecule has 46 heteroatoms. The van der Waals surface area contributed by atoms with Gasteiger partial charge < -0.3 is 117 Å². The van der Waals surface area contributed by atoms with Gasteiger partial charge in [-0.05, 0) is 66.0 Å². The predicted octanol–water partition coefficient (Wildman–Crippen LogP) is -4.53. The van der Waals surface area contributed by atoms with E-state index in [-0.39, 0.29) is 107 Å². The van der Waals surface area contributed by atoms with Gasteiger partial charge >= 0.3 is 32.6 Å². The second-order valence-electron chi connectivity index (χ2n) is 25.2. The minimum atomic E-state index is -4.67. The molecule has 10 rings (SSSR count). The molecule has 99 heavy (non-hydrogen) atoms. The normalized spacial score (nSPS) is 40.3. The molecule has 16 N–H and O–H groups in total. The molecule has 0 aliphatic carbocycles. The molecule has 9 aliphatic heterocycles. The fourth-order valence-corrected chi connectivity index (χ4v) is 18.8. The van der Waals surface area contributed by atoms with Gasteiger partial charge in [0.25, 0.3) is 5.56 Å². The van der Waals surface area contributed by atoms with E-state index in [1.165, 1.54) is 39.3 Å². The van der Waals surface area contributed by atoms with Gasteiger partial charge in [-0.15, -0.1) is 0 Å². The van der Waals surface area contributed by atoms with Gasteiger partial charge in [-0.2, -0.15) is 0 Å². The lowest BCUT2D eigenvalue weighted by atomic mass is 9.81. The molecule has 1 aromatic rings. The monoisotopic (exact) mass is 1570 g/mol. The van der Waals surface area contributed by atoms with Crippen molar-refractivity contribution in [3.05, 3.63) is 32.6 Å². The Morgan fingerprint density at radius 1 is 0.606 bits per heavy atom. The Hall–Kier alpha value is -0.820. The standard InChI is InChI=1S/C53H94N12O26P4S4/c1-25-18-65(53(69)63-49(25)67)51-46(80-15-12-76-6)43(32(88-51)21-81-92(70,96)77-7)91-95(73,99)83-20-31-41(44(78-13-10-74-4)40(86-31)29-17-57-38-36(29)59-24-61-48(38)55)89-94(72,98)84-22-33-42(45(79-14-11-75-5)50(87-33)64-9-8-34(66)62-52(64)68)90-93(71,97)82-19-30-26(2)27(3)39(85-30)28-16-56-37-35(28)58-23-60-47(37)54/h17-18,26-33,35-48,50-52,56,58-61,68H,8-16,19-24,54-55H2,1-7H3,(H,62,66)(H,70,96)(H,71,97)(H,72,98)(H,73,99)(H,63,67,69)/t26-,27?,28?,29?,30-,31-,32-,33-,35?,36?,37?,38?,39-,40+,41+,42+,43+,44?,45?,46?,47?,48?,50-,51-,52?,92?,93?,94?,95?/m1/s1. The molecule has 10 heterocycles. The van der Waals surface area contributed by atoms with Crippen LogP contribution >= 0.6 is 26.9 Å². The summed E-state index contributed by atoms with van der Waals surface area (Å²) in [7, 11) is 5.48. The highest BCUT2D eigenvalue weighted by atomic mass is 32.5. The number of aliphatic hydroxyl groups excluding tert-OH is 1. The number of aliphatic hydroxyl groups is 1. The SMILES string of the molecule is COCCOC1[C@H](C2C=NC3C(N)NCNC32)O[C@H](COP(O)(=S)O[C@@H]2C(OCCOC)[C@H](n3cc(C)c(=O)[nH]c3=O)O[C@@H]2COP(O)(=S)OC)[C@@H]1OP(O)(=S)OC[C@H]1O[C@@H](N2CCC(=O)NC2O)C(OCCOC)[C@H]1OP(O)(=S)OC[C@H]1O[C@@H](C2CNC3C(N)NCNC32)C(C)[C@H]1C. The van der Waals surface area contributed by atoms with Crippen LogP contribution in [0.15, 0.2) is 20.8 Å². The molecule has 1 amide bonds. The van der Waals surface area contributed by atoms with Crippen LogP contribution in [0.1, 0.15) is 32.1 Å². The quantitative estimate of drug-likeness (QED) is 0.0225. The number of methoxy groups -OCH3 is 3. The van der Waals surface area contributed by atoms with Gasteiger partial charge in [-0.3, -0.25) is 59.0 Å². The van der Waals surface area contributed by atoms with E-state index in [1.807, 2.05) is 6.92 Å². The largest absolute Gasteiger partial charge is 0.382 e. The van der Waals surface area contributed by atoms with E-state index in [2.05, 4.69) is 43.8 Å². The second-order valence-corrected chi connectivity index (χ2v) is 36.5. The molecular formula is C53H94N12O26P4S4. The number of aryl methyl sites for hydroxylation is 1. The van der Waals surface area contributed by atoms with Gasteiger partial charge in [-0.1, -0.05) is 13.8 Å². The molecule has 0 aromatic carbocycles. The molecule has 0 bridgehead atoms. The number of ether oxygens (including phenoxy) is 10. The number of aromatic amines is 1. The van der Waals surface area contributed by atoms with E-state index in [4.69, 9.17) is 147 Å². The number of nitrogens with zero attached hydrogens (tertiary/aromatic N) is 3. The van der Waals surface area contributed by atoms with E-state index in [9.17, 15) is 39.1 Å². The molecule has 1 aromatic heterocycles. The molecular weight excluding hydrogens is 1470 g/mol. The third-order valence-corrected chi connectivity index (χ3v) is 25.5. The molecule has 0 saturated carbocycles. The Bertz CT molecular complexity index is 3230. The van der Waals surface area contributed by atoms with Crippen LogP contribution in [0.25, 0.3) is 0 Å².